The molecule has 18 heavy (non-hydrogen) atoms. The fourth-order valence-corrected chi connectivity index (χ4v) is 2.36. The lowest BCUT2D eigenvalue weighted by molar-refractivity contribution is -0.135. The van der Waals surface area contributed by atoms with Gasteiger partial charge in [-0.1, -0.05) is 0 Å². The van der Waals surface area contributed by atoms with Crippen molar-refractivity contribution in [1.82, 2.24) is 10.2 Å². The Morgan fingerprint density at radius 1 is 1.50 bits per heavy atom. The molecule has 0 bridgehead atoms. The highest BCUT2D eigenvalue weighted by molar-refractivity contribution is 8.00. The van der Waals surface area contributed by atoms with Crippen LogP contribution in [0.15, 0.2) is 0 Å². The quantitative estimate of drug-likeness (QED) is 0.670. The van der Waals surface area contributed by atoms with E-state index in [4.69, 9.17) is 5.73 Å². The number of rotatable bonds is 6. The molecule has 0 aromatic carbocycles. The first-order valence-corrected chi connectivity index (χ1v) is 7.08. The third-order valence-corrected chi connectivity index (χ3v) is 3.63. The molecule has 1 heterocycles. The van der Waals surface area contributed by atoms with Crippen LogP contribution in [0.2, 0.25) is 0 Å². The van der Waals surface area contributed by atoms with Gasteiger partial charge >= 0.3 is 0 Å². The molecule has 7 heteroatoms. The van der Waals surface area contributed by atoms with Crippen LogP contribution in [-0.2, 0) is 14.4 Å². The second-order valence-corrected chi connectivity index (χ2v) is 5.41. The molecule has 1 fully saturated rings. The number of nitrogens with one attached hydrogen (secondary N) is 1. The van der Waals surface area contributed by atoms with Crippen LogP contribution in [0, 0.1) is 0 Å². The van der Waals surface area contributed by atoms with E-state index in [2.05, 4.69) is 5.32 Å². The van der Waals surface area contributed by atoms with E-state index in [0.29, 0.717) is 18.7 Å². The van der Waals surface area contributed by atoms with Gasteiger partial charge in [0, 0.05) is 24.8 Å². The third-order valence-electron chi connectivity index (χ3n) is 2.40. The molecular formula is C11H19N3O3S. The van der Waals surface area contributed by atoms with Crippen LogP contribution in [-0.4, -0.2) is 53.3 Å². The molecule has 3 N–H and O–H groups in total. The number of thioether (sulfide) groups is 1. The predicted octanol–water partition coefficient (Wildman–Crippen LogP) is -0.668. The molecule has 0 aromatic heterocycles. The Balaban J connectivity index is 2.19. The number of likely N-dealkylation sites (tertiary alicyclic amines) is 1. The largest absolute Gasteiger partial charge is 0.333 e. The van der Waals surface area contributed by atoms with E-state index in [9.17, 15) is 14.4 Å². The van der Waals surface area contributed by atoms with E-state index in [1.807, 2.05) is 6.92 Å². The number of hydrogen-bond acceptors (Lipinski definition) is 5. The molecule has 1 saturated heterocycles. The molecule has 1 rings (SSSR count). The first-order valence-electron chi connectivity index (χ1n) is 5.93. The van der Waals surface area contributed by atoms with Gasteiger partial charge in [0.05, 0.1) is 12.3 Å². The van der Waals surface area contributed by atoms with Crippen molar-refractivity contribution >= 4 is 29.5 Å². The van der Waals surface area contributed by atoms with E-state index in [1.54, 1.807) is 0 Å². The lowest BCUT2D eigenvalue weighted by Gasteiger charge is -2.14. The Labute approximate surface area is 111 Å². The number of amides is 3. The summed E-state index contributed by atoms with van der Waals surface area (Å²) in [7, 11) is 0. The van der Waals surface area contributed by atoms with Crippen molar-refractivity contribution in [1.29, 1.82) is 0 Å². The molecular weight excluding hydrogens is 254 g/mol. The molecule has 1 atom stereocenters. The Bertz CT molecular complexity index is 333. The van der Waals surface area contributed by atoms with Gasteiger partial charge in [-0.25, -0.2) is 0 Å². The van der Waals surface area contributed by atoms with E-state index in [-0.39, 0.29) is 30.2 Å². The van der Waals surface area contributed by atoms with Crippen molar-refractivity contribution in [3.8, 4) is 0 Å². The standard InChI is InChI=1S/C11H19N3O3S/c1-8(12)6-18-7-10(16)13-9(15)5-14-4-2-3-11(14)17/h8H,2-7,12H2,1H3,(H,13,15,16). The Morgan fingerprint density at radius 3 is 2.78 bits per heavy atom. The summed E-state index contributed by atoms with van der Waals surface area (Å²) in [5.74, 6) is 0.103. The fourth-order valence-electron chi connectivity index (χ4n) is 1.61. The Hall–Kier alpha value is -1.08. The molecule has 1 aliphatic heterocycles. The van der Waals surface area contributed by atoms with E-state index in [0.717, 1.165) is 6.42 Å². The van der Waals surface area contributed by atoms with Crippen molar-refractivity contribution in [3.05, 3.63) is 0 Å². The van der Waals surface area contributed by atoms with Gasteiger partial charge in [-0.15, -0.1) is 0 Å². The number of carbonyl (C=O) groups is 3. The zero-order chi connectivity index (χ0) is 13.5. The number of carbonyl (C=O) groups excluding carboxylic acids is 3. The molecule has 0 radical (unpaired) electrons. The second kappa shape index (κ2) is 7.38. The van der Waals surface area contributed by atoms with Gasteiger partial charge in [0.2, 0.25) is 17.7 Å². The molecule has 102 valence electrons. The number of nitrogens with zero attached hydrogens (tertiary/aromatic N) is 1. The first kappa shape index (κ1) is 15.0. The van der Waals surface area contributed by atoms with Gasteiger partial charge in [0.25, 0.3) is 0 Å². The van der Waals surface area contributed by atoms with Crippen LogP contribution in [0.4, 0.5) is 0 Å². The number of hydrogen-bond donors (Lipinski definition) is 2. The van der Waals surface area contributed by atoms with Crippen molar-refractivity contribution < 1.29 is 14.4 Å². The van der Waals surface area contributed by atoms with Crippen LogP contribution in [0.1, 0.15) is 19.8 Å². The highest BCUT2D eigenvalue weighted by atomic mass is 32.2. The molecule has 1 aliphatic rings. The van der Waals surface area contributed by atoms with Crippen LogP contribution in [0.3, 0.4) is 0 Å². The molecule has 0 saturated carbocycles. The van der Waals surface area contributed by atoms with E-state index >= 15 is 0 Å². The monoisotopic (exact) mass is 273 g/mol. The highest BCUT2D eigenvalue weighted by Gasteiger charge is 2.22. The van der Waals surface area contributed by atoms with Crippen LogP contribution in [0.5, 0.6) is 0 Å². The highest BCUT2D eigenvalue weighted by Crippen LogP contribution is 2.08. The van der Waals surface area contributed by atoms with Gasteiger partial charge in [-0.2, -0.15) is 11.8 Å². The van der Waals surface area contributed by atoms with Gasteiger partial charge in [-0.3, -0.25) is 19.7 Å². The Morgan fingerprint density at radius 2 is 2.22 bits per heavy atom. The fraction of sp³-hybridized carbons (Fsp3) is 0.727. The average Bonchev–Trinajstić information content (AvgIpc) is 2.63. The van der Waals surface area contributed by atoms with Crippen molar-refractivity contribution in [2.75, 3.05) is 24.6 Å². The molecule has 6 nitrogen and oxygen atoms in total. The molecule has 0 aliphatic carbocycles. The summed E-state index contributed by atoms with van der Waals surface area (Å²) in [6.07, 6.45) is 1.27. The second-order valence-electron chi connectivity index (χ2n) is 4.38. The summed E-state index contributed by atoms with van der Waals surface area (Å²) in [6.45, 7) is 2.43. The van der Waals surface area contributed by atoms with Crippen LogP contribution < -0.4 is 11.1 Å². The zero-order valence-electron chi connectivity index (χ0n) is 10.5. The maximum absolute atomic E-state index is 11.5. The SMILES string of the molecule is CC(N)CSCC(=O)NC(=O)CN1CCCC1=O. The predicted molar refractivity (Wildman–Crippen MR) is 69.9 cm³/mol. The van der Waals surface area contributed by atoms with Crippen molar-refractivity contribution in [2.45, 2.75) is 25.8 Å². The lowest BCUT2D eigenvalue weighted by atomic mass is 10.4. The normalized spacial score (nSPS) is 16.8. The van der Waals surface area contributed by atoms with Gasteiger partial charge in [0.1, 0.15) is 0 Å². The summed E-state index contributed by atoms with van der Waals surface area (Å²) in [4.78, 5) is 35.6. The summed E-state index contributed by atoms with van der Waals surface area (Å²) < 4.78 is 0. The van der Waals surface area contributed by atoms with Crippen LogP contribution in [0.25, 0.3) is 0 Å². The van der Waals surface area contributed by atoms with Gasteiger partial charge in [-0.05, 0) is 13.3 Å². The van der Waals surface area contributed by atoms with Gasteiger partial charge < -0.3 is 10.6 Å². The summed E-state index contributed by atoms with van der Waals surface area (Å²) in [5.41, 5.74) is 5.54. The third kappa shape index (κ3) is 5.50. The molecule has 0 spiro atoms. The first-order chi connectivity index (χ1) is 8.49. The summed E-state index contributed by atoms with van der Waals surface area (Å²) in [5, 5.41) is 2.27. The van der Waals surface area contributed by atoms with E-state index < -0.39 is 5.91 Å². The average molecular weight is 273 g/mol. The number of nitrogens with two attached hydrogens (primary N) is 1. The number of imide groups is 1. The zero-order valence-corrected chi connectivity index (χ0v) is 11.3. The van der Waals surface area contributed by atoms with Crippen molar-refractivity contribution in [3.63, 3.8) is 0 Å². The van der Waals surface area contributed by atoms with Crippen LogP contribution >= 0.6 is 11.8 Å². The van der Waals surface area contributed by atoms with Gasteiger partial charge in [0.15, 0.2) is 0 Å². The maximum Gasteiger partial charge on any atom is 0.246 e. The minimum atomic E-state index is -0.420. The lowest BCUT2D eigenvalue weighted by Crippen LogP contribution is -2.41. The van der Waals surface area contributed by atoms with E-state index in [1.165, 1.54) is 16.7 Å². The molecule has 3 amide bonds. The Kier molecular flexibility index (Phi) is 6.14. The minimum absolute atomic E-state index is 0.0241. The maximum atomic E-state index is 11.5. The minimum Gasteiger partial charge on any atom is -0.333 e. The smallest absolute Gasteiger partial charge is 0.246 e. The topological polar surface area (TPSA) is 92.5 Å². The molecule has 0 aromatic rings. The van der Waals surface area contributed by atoms with Crippen molar-refractivity contribution in [2.24, 2.45) is 5.73 Å². The molecule has 1 unspecified atom stereocenters. The summed E-state index contributed by atoms with van der Waals surface area (Å²) >= 11 is 1.38. The summed E-state index contributed by atoms with van der Waals surface area (Å²) in [6, 6.07) is 0.0284.